The standard InChI is InChI=1S/C7H11N3O4S2/c8-16(13,14)7-3-9-10(4-7)6-1-2-15(11,12)5-6/h3-4,6H,1-2,5H2,(H2,8,13,14). The number of sulfonamides is 1. The molecule has 0 saturated carbocycles. The second-order valence-electron chi connectivity index (χ2n) is 3.76. The Morgan fingerprint density at radius 1 is 1.50 bits per heavy atom. The van der Waals surface area contributed by atoms with Crippen molar-refractivity contribution in [1.29, 1.82) is 0 Å². The molecule has 0 aliphatic carbocycles. The fourth-order valence-corrected chi connectivity index (χ4v) is 3.80. The molecular weight excluding hydrogens is 254 g/mol. The molecule has 1 aromatic rings. The van der Waals surface area contributed by atoms with E-state index in [1.165, 1.54) is 10.9 Å². The molecule has 16 heavy (non-hydrogen) atoms. The smallest absolute Gasteiger partial charge is 0.241 e. The topological polar surface area (TPSA) is 112 Å². The fraction of sp³-hybridized carbons (Fsp3) is 0.571. The summed E-state index contributed by atoms with van der Waals surface area (Å²) in [6.45, 7) is 0. The Balaban J connectivity index is 2.28. The predicted molar refractivity (Wildman–Crippen MR) is 55.9 cm³/mol. The zero-order valence-corrected chi connectivity index (χ0v) is 9.91. The predicted octanol–water partition coefficient (Wildman–Crippen LogP) is -1.11. The van der Waals surface area contributed by atoms with Gasteiger partial charge in [0.15, 0.2) is 9.84 Å². The molecule has 1 aromatic heterocycles. The largest absolute Gasteiger partial charge is 0.267 e. The van der Waals surface area contributed by atoms with E-state index in [4.69, 9.17) is 5.14 Å². The lowest BCUT2D eigenvalue weighted by Crippen LogP contribution is -2.13. The summed E-state index contributed by atoms with van der Waals surface area (Å²) in [4.78, 5) is -0.100. The average molecular weight is 265 g/mol. The maximum atomic E-state index is 11.2. The van der Waals surface area contributed by atoms with E-state index in [0.29, 0.717) is 6.42 Å². The summed E-state index contributed by atoms with van der Waals surface area (Å²) in [6.07, 6.45) is 2.84. The van der Waals surface area contributed by atoms with E-state index in [1.54, 1.807) is 0 Å². The molecular formula is C7H11N3O4S2. The SMILES string of the molecule is NS(=O)(=O)c1cnn(C2CCS(=O)(=O)C2)c1. The monoisotopic (exact) mass is 265 g/mol. The molecule has 1 aliphatic rings. The Kier molecular flexibility index (Phi) is 2.55. The average Bonchev–Trinajstić information content (AvgIpc) is 2.68. The number of hydrogen-bond donors (Lipinski definition) is 1. The third-order valence-corrected chi connectivity index (χ3v) is 5.11. The molecule has 1 saturated heterocycles. The highest BCUT2D eigenvalue weighted by Gasteiger charge is 2.30. The molecule has 2 heterocycles. The van der Waals surface area contributed by atoms with Crippen LogP contribution in [0.4, 0.5) is 0 Å². The molecule has 2 N–H and O–H groups in total. The van der Waals surface area contributed by atoms with Crippen molar-refractivity contribution >= 4 is 19.9 Å². The normalized spacial score (nSPS) is 24.7. The van der Waals surface area contributed by atoms with Gasteiger partial charge in [-0.05, 0) is 6.42 Å². The van der Waals surface area contributed by atoms with Crippen LogP contribution in [0.15, 0.2) is 17.3 Å². The zero-order chi connectivity index (χ0) is 12.0. The number of aromatic nitrogens is 2. The van der Waals surface area contributed by atoms with Crippen LogP contribution in [0.2, 0.25) is 0 Å². The van der Waals surface area contributed by atoms with Crippen molar-refractivity contribution in [3.63, 3.8) is 0 Å². The molecule has 2 rings (SSSR count). The van der Waals surface area contributed by atoms with Crippen molar-refractivity contribution in [2.45, 2.75) is 17.4 Å². The Morgan fingerprint density at radius 2 is 2.19 bits per heavy atom. The lowest BCUT2D eigenvalue weighted by Gasteiger charge is -2.06. The second kappa shape index (κ2) is 3.54. The van der Waals surface area contributed by atoms with Gasteiger partial charge in [-0.2, -0.15) is 5.10 Å². The summed E-state index contributed by atoms with van der Waals surface area (Å²) in [5.74, 6) is 0.112. The van der Waals surface area contributed by atoms with E-state index in [2.05, 4.69) is 5.10 Å². The van der Waals surface area contributed by atoms with Crippen molar-refractivity contribution in [2.75, 3.05) is 11.5 Å². The van der Waals surface area contributed by atoms with Crippen LogP contribution >= 0.6 is 0 Å². The Labute approximate surface area is 93.2 Å². The lowest BCUT2D eigenvalue weighted by molar-refractivity contribution is 0.498. The Morgan fingerprint density at radius 3 is 2.62 bits per heavy atom. The molecule has 1 unspecified atom stereocenters. The first kappa shape index (κ1) is 11.6. The van der Waals surface area contributed by atoms with E-state index in [1.807, 2.05) is 0 Å². The molecule has 0 amide bonds. The minimum absolute atomic E-state index is 0.00125. The Hall–Kier alpha value is -0.930. The highest BCUT2D eigenvalue weighted by Crippen LogP contribution is 2.23. The number of nitrogens with two attached hydrogens (primary N) is 1. The maximum absolute atomic E-state index is 11.2. The summed E-state index contributed by atoms with van der Waals surface area (Å²) in [5.41, 5.74) is 0. The third-order valence-electron chi connectivity index (χ3n) is 2.49. The summed E-state index contributed by atoms with van der Waals surface area (Å²) < 4.78 is 45.8. The molecule has 0 bridgehead atoms. The van der Waals surface area contributed by atoms with Crippen LogP contribution in [-0.4, -0.2) is 38.1 Å². The second-order valence-corrected chi connectivity index (χ2v) is 7.55. The number of hydrogen-bond acceptors (Lipinski definition) is 5. The highest BCUT2D eigenvalue weighted by atomic mass is 32.2. The minimum Gasteiger partial charge on any atom is -0.267 e. The van der Waals surface area contributed by atoms with Gasteiger partial charge in [0.2, 0.25) is 10.0 Å². The van der Waals surface area contributed by atoms with Crippen molar-refractivity contribution in [3.8, 4) is 0 Å². The first-order chi connectivity index (χ1) is 7.28. The van der Waals surface area contributed by atoms with Crippen LogP contribution in [0.25, 0.3) is 0 Å². The van der Waals surface area contributed by atoms with Crippen LogP contribution in [-0.2, 0) is 19.9 Å². The van der Waals surface area contributed by atoms with Crippen molar-refractivity contribution < 1.29 is 16.8 Å². The number of primary sulfonamides is 1. The van der Waals surface area contributed by atoms with Gasteiger partial charge < -0.3 is 0 Å². The van der Waals surface area contributed by atoms with Gasteiger partial charge in [0.25, 0.3) is 0 Å². The van der Waals surface area contributed by atoms with Gasteiger partial charge in [-0.25, -0.2) is 22.0 Å². The third kappa shape index (κ3) is 2.25. The van der Waals surface area contributed by atoms with Crippen LogP contribution in [0.5, 0.6) is 0 Å². The molecule has 90 valence electrons. The molecule has 1 fully saturated rings. The first-order valence-corrected chi connectivity index (χ1v) is 7.92. The quantitative estimate of drug-likeness (QED) is 0.728. The molecule has 0 aromatic carbocycles. The summed E-state index contributed by atoms with van der Waals surface area (Å²) in [7, 11) is -6.78. The first-order valence-electron chi connectivity index (χ1n) is 4.55. The van der Waals surface area contributed by atoms with Crippen LogP contribution in [0, 0.1) is 0 Å². The molecule has 9 heteroatoms. The van der Waals surface area contributed by atoms with Gasteiger partial charge >= 0.3 is 0 Å². The van der Waals surface area contributed by atoms with Crippen molar-refractivity contribution in [3.05, 3.63) is 12.4 Å². The molecule has 0 radical (unpaired) electrons. The van der Waals surface area contributed by atoms with E-state index in [-0.39, 0.29) is 22.4 Å². The van der Waals surface area contributed by atoms with Gasteiger partial charge in [0, 0.05) is 6.20 Å². The van der Waals surface area contributed by atoms with Gasteiger partial charge in [-0.1, -0.05) is 0 Å². The van der Waals surface area contributed by atoms with E-state index in [0.717, 1.165) is 6.20 Å². The van der Waals surface area contributed by atoms with Crippen LogP contribution in [0.1, 0.15) is 12.5 Å². The van der Waals surface area contributed by atoms with Gasteiger partial charge in [0.05, 0.1) is 23.7 Å². The molecule has 1 atom stereocenters. The fourth-order valence-electron chi connectivity index (χ4n) is 1.65. The van der Waals surface area contributed by atoms with E-state index >= 15 is 0 Å². The number of rotatable bonds is 2. The maximum Gasteiger partial charge on any atom is 0.241 e. The minimum atomic E-state index is -3.77. The summed E-state index contributed by atoms with van der Waals surface area (Å²) >= 11 is 0. The van der Waals surface area contributed by atoms with Gasteiger partial charge in [-0.3, -0.25) is 4.68 Å². The number of nitrogens with zero attached hydrogens (tertiary/aromatic N) is 2. The number of sulfone groups is 1. The summed E-state index contributed by atoms with van der Waals surface area (Å²) in [6, 6.07) is -0.291. The molecule has 7 nitrogen and oxygen atoms in total. The molecule has 0 spiro atoms. The van der Waals surface area contributed by atoms with Crippen molar-refractivity contribution in [1.82, 2.24) is 9.78 Å². The van der Waals surface area contributed by atoms with Crippen LogP contribution in [0.3, 0.4) is 0 Å². The van der Waals surface area contributed by atoms with Crippen molar-refractivity contribution in [2.24, 2.45) is 5.14 Å². The highest BCUT2D eigenvalue weighted by molar-refractivity contribution is 7.91. The van der Waals surface area contributed by atoms with E-state index < -0.39 is 19.9 Å². The van der Waals surface area contributed by atoms with Gasteiger partial charge in [-0.15, -0.1) is 0 Å². The summed E-state index contributed by atoms with van der Waals surface area (Å²) in [5, 5.41) is 8.75. The van der Waals surface area contributed by atoms with E-state index in [9.17, 15) is 16.8 Å². The lowest BCUT2D eigenvalue weighted by atomic mass is 10.3. The van der Waals surface area contributed by atoms with Gasteiger partial charge in [0.1, 0.15) is 4.90 Å². The van der Waals surface area contributed by atoms with Crippen LogP contribution < -0.4 is 5.14 Å². The Bertz CT molecular complexity index is 601. The zero-order valence-electron chi connectivity index (χ0n) is 8.27. The molecule has 1 aliphatic heterocycles.